The number of hydrogen-bond acceptors (Lipinski definition) is 6. The molecule has 0 saturated carbocycles. The molecule has 10 heteroatoms. The molecule has 2 rings (SSSR count). The van der Waals surface area contributed by atoms with E-state index in [1.807, 2.05) is 13.8 Å². The maximum absolute atomic E-state index is 13.1. The van der Waals surface area contributed by atoms with Gasteiger partial charge in [0, 0.05) is 19.2 Å². The number of hydrogen-bond donors (Lipinski definition) is 1. The summed E-state index contributed by atoms with van der Waals surface area (Å²) in [5, 5.41) is 2.65. The van der Waals surface area contributed by atoms with Crippen LogP contribution in [0.15, 0.2) is 34.1 Å². The lowest BCUT2D eigenvalue weighted by Crippen LogP contribution is -2.44. The Kier molecular flexibility index (Phi) is 7.58. The van der Waals surface area contributed by atoms with E-state index < -0.39 is 38.2 Å². The second kappa shape index (κ2) is 9.36. The van der Waals surface area contributed by atoms with Gasteiger partial charge in [-0.05, 0) is 37.3 Å². The third-order valence-electron chi connectivity index (χ3n) is 4.58. The van der Waals surface area contributed by atoms with Crippen LogP contribution >= 0.6 is 0 Å². The first-order valence-corrected chi connectivity index (χ1v) is 12.7. The minimum absolute atomic E-state index is 0.0637. The zero-order valence-corrected chi connectivity index (χ0v) is 18.4. The molecule has 29 heavy (non-hydrogen) atoms. The summed E-state index contributed by atoms with van der Waals surface area (Å²) in [6.07, 6.45) is 3.68. The summed E-state index contributed by atoms with van der Waals surface area (Å²) in [5.41, 5.74) is 0. The minimum atomic E-state index is -4.19. The van der Waals surface area contributed by atoms with Gasteiger partial charge >= 0.3 is 0 Å². The highest BCUT2D eigenvalue weighted by atomic mass is 32.2. The van der Waals surface area contributed by atoms with E-state index >= 15 is 0 Å². The van der Waals surface area contributed by atoms with Crippen molar-refractivity contribution < 1.29 is 26.4 Å². The molecule has 1 aliphatic rings. The van der Waals surface area contributed by atoms with Crippen LogP contribution in [0, 0.1) is 12.3 Å². The summed E-state index contributed by atoms with van der Waals surface area (Å²) < 4.78 is 51.1. The van der Waals surface area contributed by atoms with Crippen LogP contribution < -0.4 is 5.32 Å². The molecule has 1 N–H and O–H groups in total. The summed E-state index contributed by atoms with van der Waals surface area (Å²) in [6, 6.07) is 4.57. The number of rotatable bonds is 7. The molecule has 1 radical (unpaired) electrons. The summed E-state index contributed by atoms with van der Waals surface area (Å²) in [6.45, 7) is 3.58. The van der Waals surface area contributed by atoms with E-state index in [0.717, 1.165) is 10.6 Å². The maximum Gasteiger partial charge on any atom is 0.244 e. The molecule has 0 aromatic heterocycles. The topological polar surface area (TPSA) is 118 Å². The Morgan fingerprint density at radius 3 is 2.41 bits per heavy atom. The van der Waals surface area contributed by atoms with Crippen molar-refractivity contribution in [2.24, 2.45) is 5.92 Å². The molecule has 1 aliphatic heterocycles. The van der Waals surface area contributed by atoms with E-state index in [0.29, 0.717) is 25.2 Å². The SMILES string of the molecule is CC(C)C[CH]C(=O)N[C@H]1CCCN(S(=O)(=O)c2ccccc2S(C)(=O)=O)CC1=O. The molecular weight excluding hydrogens is 416 g/mol. The molecule has 1 atom stereocenters. The number of amides is 1. The summed E-state index contributed by atoms with van der Waals surface area (Å²) in [4.78, 5) is 24.0. The maximum atomic E-state index is 13.1. The third-order valence-corrected chi connectivity index (χ3v) is 7.77. The number of nitrogens with zero attached hydrogens (tertiary/aromatic N) is 1. The van der Waals surface area contributed by atoms with Gasteiger partial charge in [-0.2, -0.15) is 4.31 Å². The predicted octanol–water partition coefficient (Wildman–Crippen LogP) is 1.18. The molecular formula is C19H27N2O6S2. The van der Waals surface area contributed by atoms with E-state index in [2.05, 4.69) is 5.32 Å². The van der Waals surface area contributed by atoms with Crippen molar-refractivity contribution >= 4 is 31.6 Å². The minimum Gasteiger partial charge on any atom is -0.346 e. The van der Waals surface area contributed by atoms with Crippen LogP contribution in [0.2, 0.25) is 0 Å². The average molecular weight is 444 g/mol. The first-order valence-electron chi connectivity index (χ1n) is 9.38. The summed E-state index contributed by atoms with van der Waals surface area (Å²) in [7, 11) is -7.96. The van der Waals surface area contributed by atoms with Crippen LogP contribution in [0.25, 0.3) is 0 Å². The number of sulfone groups is 1. The number of carbonyl (C=O) groups is 2. The number of sulfonamides is 1. The van der Waals surface area contributed by atoms with Crippen LogP contribution in [0.3, 0.4) is 0 Å². The third kappa shape index (κ3) is 6.10. The van der Waals surface area contributed by atoms with Gasteiger partial charge in [0.2, 0.25) is 15.9 Å². The van der Waals surface area contributed by atoms with E-state index in [-0.39, 0.29) is 22.2 Å². The highest BCUT2D eigenvalue weighted by molar-refractivity contribution is 7.93. The van der Waals surface area contributed by atoms with Crippen molar-refractivity contribution in [3.8, 4) is 0 Å². The molecule has 1 fully saturated rings. The van der Waals surface area contributed by atoms with Gasteiger partial charge in [0.15, 0.2) is 15.6 Å². The molecule has 1 heterocycles. The van der Waals surface area contributed by atoms with E-state index in [4.69, 9.17) is 0 Å². The number of carbonyl (C=O) groups excluding carboxylic acids is 2. The molecule has 161 valence electrons. The van der Waals surface area contributed by atoms with E-state index in [1.54, 1.807) is 0 Å². The van der Waals surface area contributed by atoms with Crippen LogP contribution in [0.1, 0.15) is 33.1 Å². The van der Waals surface area contributed by atoms with Crippen molar-refractivity contribution in [3.63, 3.8) is 0 Å². The van der Waals surface area contributed by atoms with Gasteiger partial charge in [0.25, 0.3) is 0 Å². The van der Waals surface area contributed by atoms with Crippen molar-refractivity contribution in [1.29, 1.82) is 0 Å². The lowest BCUT2D eigenvalue weighted by Gasteiger charge is -2.21. The number of benzene rings is 1. The highest BCUT2D eigenvalue weighted by Crippen LogP contribution is 2.25. The fourth-order valence-corrected chi connectivity index (χ4v) is 6.08. The van der Waals surface area contributed by atoms with Gasteiger partial charge in [-0.3, -0.25) is 9.59 Å². The average Bonchev–Trinajstić information content (AvgIpc) is 2.81. The summed E-state index contributed by atoms with van der Waals surface area (Å²) >= 11 is 0. The van der Waals surface area contributed by atoms with Crippen molar-refractivity contribution in [2.75, 3.05) is 19.3 Å². The van der Waals surface area contributed by atoms with E-state index in [9.17, 15) is 26.4 Å². The molecule has 1 aromatic rings. The number of Topliss-reactive ketones (excluding diaryl/α,β-unsaturated/α-hetero) is 1. The predicted molar refractivity (Wildman–Crippen MR) is 108 cm³/mol. The molecule has 8 nitrogen and oxygen atoms in total. The standard InChI is InChI=1S/C19H27N2O6S2/c1-14(2)10-11-19(23)20-15-7-6-12-21(13-16(15)22)29(26,27)18-9-5-4-8-17(18)28(3,24)25/h4-5,8-9,11,14-15H,6-7,10,12-13H2,1-3H3,(H,20,23)/t15-/m0/s1. The quantitative estimate of drug-likeness (QED) is 0.676. The summed E-state index contributed by atoms with van der Waals surface area (Å²) in [5.74, 6) is -0.467. The van der Waals surface area contributed by atoms with Crippen molar-refractivity contribution in [2.45, 2.75) is 48.9 Å². The van der Waals surface area contributed by atoms with Gasteiger partial charge in [-0.1, -0.05) is 26.0 Å². The van der Waals surface area contributed by atoms with Crippen LogP contribution in [0.4, 0.5) is 0 Å². The lowest BCUT2D eigenvalue weighted by atomic mass is 10.1. The normalized spacial score (nSPS) is 19.2. The lowest BCUT2D eigenvalue weighted by molar-refractivity contribution is -0.126. The molecule has 0 aliphatic carbocycles. The molecule has 0 spiro atoms. The van der Waals surface area contributed by atoms with Gasteiger partial charge < -0.3 is 5.32 Å². The Bertz CT molecular complexity index is 970. The Hall–Kier alpha value is -1.78. The Morgan fingerprint density at radius 2 is 1.83 bits per heavy atom. The van der Waals surface area contributed by atoms with Crippen LogP contribution in [-0.2, 0) is 29.4 Å². The number of ketones is 1. The highest BCUT2D eigenvalue weighted by Gasteiger charge is 2.35. The largest absolute Gasteiger partial charge is 0.346 e. The molecule has 0 unspecified atom stereocenters. The van der Waals surface area contributed by atoms with Crippen LogP contribution in [0.5, 0.6) is 0 Å². The van der Waals surface area contributed by atoms with Crippen LogP contribution in [-0.4, -0.2) is 58.2 Å². The Balaban J connectivity index is 2.20. The monoisotopic (exact) mass is 443 g/mol. The first-order chi connectivity index (χ1) is 13.4. The second-order valence-electron chi connectivity index (χ2n) is 7.56. The van der Waals surface area contributed by atoms with Gasteiger partial charge in [0.05, 0.1) is 17.5 Å². The Morgan fingerprint density at radius 1 is 1.21 bits per heavy atom. The fraction of sp³-hybridized carbons (Fsp3) is 0.526. The molecule has 0 bridgehead atoms. The second-order valence-corrected chi connectivity index (χ2v) is 11.5. The first kappa shape index (κ1) is 23.5. The van der Waals surface area contributed by atoms with Crippen molar-refractivity contribution in [3.05, 3.63) is 30.7 Å². The zero-order chi connectivity index (χ0) is 21.8. The zero-order valence-electron chi connectivity index (χ0n) is 16.8. The smallest absolute Gasteiger partial charge is 0.244 e. The van der Waals surface area contributed by atoms with Gasteiger partial charge in [-0.25, -0.2) is 16.8 Å². The molecule has 1 amide bonds. The Labute approximate surface area is 172 Å². The molecule has 1 aromatic carbocycles. The fourth-order valence-electron chi connectivity index (χ4n) is 3.04. The molecule has 1 saturated heterocycles. The van der Waals surface area contributed by atoms with E-state index in [1.165, 1.54) is 30.7 Å². The number of nitrogens with one attached hydrogen (secondary N) is 1. The van der Waals surface area contributed by atoms with Gasteiger partial charge in [-0.15, -0.1) is 0 Å². The van der Waals surface area contributed by atoms with Crippen molar-refractivity contribution in [1.82, 2.24) is 9.62 Å². The van der Waals surface area contributed by atoms with Gasteiger partial charge in [0.1, 0.15) is 4.90 Å².